The highest BCUT2D eigenvalue weighted by atomic mass is 32.2. The van der Waals surface area contributed by atoms with Gasteiger partial charge in [0.2, 0.25) is 15.9 Å². The Morgan fingerprint density at radius 2 is 1.56 bits per heavy atom. The summed E-state index contributed by atoms with van der Waals surface area (Å²) in [5, 5.41) is 5.54. The van der Waals surface area contributed by atoms with E-state index in [4.69, 9.17) is 4.74 Å². The van der Waals surface area contributed by atoms with E-state index in [-0.39, 0.29) is 17.2 Å². The van der Waals surface area contributed by atoms with Crippen molar-refractivity contribution in [3.8, 4) is 5.75 Å². The third-order valence-electron chi connectivity index (χ3n) is 5.14. The van der Waals surface area contributed by atoms with E-state index < -0.39 is 22.0 Å². The molecule has 0 aromatic heterocycles. The molecule has 0 saturated carbocycles. The van der Waals surface area contributed by atoms with Crippen molar-refractivity contribution in [3.63, 3.8) is 0 Å². The van der Waals surface area contributed by atoms with Gasteiger partial charge in [-0.05, 0) is 48.9 Å². The summed E-state index contributed by atoms with van der Waals surface area (Å²) < 4.78 is 31.2. The lowest BCUT2D eigenvalue weighted by Crippen LogP contribution is -2.45. The molecule has 2 N–H and O–H groups in total. The molecule has 1 unspecified atom stereocenters. The monoisotopic (exact) mass is 481 g/mol. The molecule has 3 aromatic carbocycles. The zero-order valence-corrected chi connectivity index (χ0v) is 20.0. The number of sulfonamides is 1. The lowest BCUT2D eigenvalue weighted by Gasteiger charge is -2.28. The molecule has 0 fully saturated rings. The highest BCUT2D eigenvalue weighted by molar-refractivity contribution is 7.92. The second kappa shape index (κ2) is 10.8. The molecular formula is C25H27N3O5S. The van der Waals surface area contributed by atoms with Crippen molar-refractivity contribution in [1.29, 1.82) is 0 Å². The number of benzene rings is 3. The van der Waals surface area contributed by atoms with Crippen LogP contribution in [-0.4, -0.2) is 39.6 Å². The van der Waals surface area contributed by atoms with E-state index in [1.165, 1.54) is 14.0 Å². The minimum absolute atomic E-state index is 0.273. The minimum Gasteiger partial charge on any atom is -0.497 e. The minimum atomic E-state index is -3.79. The second-order valence-electron chi connectivity index (χ2n) is 7.64. The molecular weight excluding hydrogens is 454 g/mol. The van der Waals surface area contributed by atoms with Crippen LogP contribution in [0.1, 0.15) is 22.8 Å². The van der Waals surface area contributed by atoms with Crippen LogP contribution in [0.5, 0.6) is 5.75 Å². The number of nitrogens with zero attached hydrogens (tertiary/aromatic N) is 1. The summed E-state index contributed by atoms with van der Waals surface area (Å²) in [7, 11) is -2.28. The highest BCUT2D eigenvalue weighted by Crippen LogP contribution is 2.25. The smallest absolute Gasteiger partial charge is 0.253 e. The Kier molecular flexibility index (Phi) is 7.91. The van der Waals surface area contributed by atoms with E-state index >= 15 is 0 Å². The van der Waals surface area contributed by atoms with Crippen molar-refractivity contribution in [3.05, 3.63) is 90.0 Å². The average molecular weight is 482 g/mol. The molecule has 178 valence electrons. The number of hydrogen-bond acceptors (Lipinski definition) is 5. The van der Waals surface area contributed by atoms with Gasteiger partial charge < -0.3 is 15.4 Å². The quantitative estimate of drug-likeness (QED) is 0.487. The molecule has 0 radical (unpaired) electrons. The van der Waals surface area contributed by atoms with E-state index in [0.717, 1.165) is 16.1 Å². The maximum Gasteiger partial charge on any atom is 0.253 e. The maximum atomic E-state index is 13.1. The lowest BCUT2D eigenvalue weighted by atomic mass is 10.1. The fourth-order valence-electron chi connectivity index (χ4n) is 3.44. The van der Waals surface area contributed by atoms with Crippen LogP contribution in [0.4, 0.5) is 11.4 Å². The number of methoxy groups -OCH3 is 1. The molecule has 8 nitrogen and oxygen atoms in total. The first kappa shape index (κ1) is 24.8. The van der Waals surface area contributed by atoms with Crippen molar-refractivity contribution in [2.24, 2.45) is 0 Å². The summed E-state index contributed by atoms with van der Waals surface area (Å²) in [4.78, 5) is 25.9. The third kappa shape index (κ3) is 6.14. The largest absolute Gasteiger partial charge is 0.497 e. The van der Waals surface area contributed by atoms with Gasteiger partial charge in [-0.3, -0.25) is 13.9 Å². The van der Waals surface area contributed by atoms with Crippen LogP contribution in [0.15, 0.2) is 78.9 Å². The molecule has 0 spiro atoms. The summed E-state index contributed by atoms with van der Waals surface area (Å²) in [6.07, 6.45) is 1.03. The topological polar surface area (TPSA) is 105 Å². The van der Waals surface area contributed by atoms with Gasteiger partial charge in [0.25, 0.3) is 5.91 Å². The average Bonchev–Trinajstić information content (AvgIpc) is 2.83. The van der Waals surface area contributed by atoms with E-state index in [9.17, 15) is 18.0 Å². The number of carbonyl (C=O) groups excluding carboxylic acids is 2. The molecule has 0 saturated heterocycles. The number of amides is 2. The van der Waals surface area contributed by atoms with E-state index in [2.05, 4.69) is 10.6 Å². The van der Waals surface area contributed by atoms with Crippen LogP contribution in [0.3, 0.4) is 0 Å². The van der Waals surface area contributed by atoms with E-state index in [1.807, 2.05) is 30.3 Å². The molecule has 2 amide bonds. The van der Waals surface area contributed by atoms with E-state index in [0.29, 0.717) is 18.0 Å². The summed E-state index contributed by atoms with van der Waals surface area (Å²) in [6.45, 7) is 1.82. The Labute approximate surface area is 199 Å². The molecule has 0 aliphatic carbocycles. The standard InChI is InChI=1S/C25H27N3O5S/c1-18(28(34(3,31)32)20-13-15-21(33-2)16-14-20)24(29)27-23-12-8-7-11-22(23)25(30)26-17-19-9-5-4-6-10-19/h4-16,18H,17H2,1-3H3,(H,26,30)(H,27,29). The fourth-order valence-corrected chi connectivity index (χ4v) is 4.61. The number of nitrogens with one attached hydrogen (secondary N) is 2. The van der Waals surface area contributed by atoms with Gasteiger partial charge in [-0.25, -0.2) is 8.42 Å². The van der Waals surface area contributed by atoms with Crippen molar-refractivity contribution in [1.82, 2.24) is 5.32 Å². The number of anilines is 2. The summed E-state index contributed by atoms with van der Waals surface area (Å²) in [5.41, 5.74) is 1.82. The molecule has 0 aliphatic rings. The van der Waals surface area contributed by atoms with Crippen LogP contribution >= 0.6 is 0 Å². The van der Waals surface area contributed by atoms with Crippen molar-refractivity contribution >= 4 is 33.2 Å². The lowest BCUT2D eigenvalue weighted by molar-refractivity contribution is -0.116. The maximum absolute atomic E-state index is 13.1. The van der Waals surface area contributed by atoms with Crippen molar-refractivity contribution in [2.45, 2.75) is 19.5 Å². The number of hydrogen-bond donors (Lipinski definition) is 2. The SMILES string of the molecule is COc1ccc(N(C(C)C(=O)Nc2ccccc2C(=O)NCc2ccccc2)S(C)(=O)=O)cc1. The summed E-state index contributed by atoms with van der Waals surface area (Å²) >= 11 is 0. The first-order chi connectivity index (χ1) is 16.2. The van der Waals surface area contributed by atoms with Gasteiger partial charge in [-0.15, -0.1) is 0 Å². The number of rotatable bonds is 9. The molecule has 9 heteroatoms. The Hall–Kier alpha value is -3.85. The zero-order valence-electron chi connectivity index (χ0n) is 19.2. The van der Waals surface area contributed by atoms with Gasteiger partial charge in [0, 0.05) is 6.54 Å². The number of ether oxygens (including phenoxy) is 1. The van der Waals surface area contributed by atoms with Gasteiger partial charge >= 0.3 is 0 Å². The first-order valence-electron chi connectivity index (χ1n) is 10.6. The Balaban J connectivity index is 1.79. The first-order valence-corrected chi connectivity index (χ1v) is 12.4. The van der Waals surface area contributed by atoms with Crippen molar-refractivity contribution in [2.75, 3.05) is 23.0 Å². The van der Waals surface area contributed by atoms with Crippen molar-refractivity contribution < 1.29 is 22.7 Å². The molecule has 1 atom stereocenters. The van der Waals surface area contributed by atoms with Gasteiger partial charge in [0.15, 0.2) is 0 Å². The highest BCUT2D eigenvalue weighted by Gasteiger charge is 2.29. The normalized spacial score (nSPS) is 11.9. The zero-order chi connectivity index (χ0) is 24.7. The summed E-state index contributed by atoms with van der Waals surface area (Å²) in [5.74, 6) is -0.378. The fraction of sp³-hybridized carbons (Fsp3) is 0.200. The van der Waals surface area contributed by atoms with Gasteiger partial charge in [0.05, 0.1) is 30.3 Å². The number of para-hydroxylation sites is 1. The Morgan fingerprint density at radius 3 is 2.18 bits per heavy atom. The predicted octanol–water partition coefficient (Wildman–Crippen LogP) is 3.42. The van der Waals surface area contributed by atoms with Crippen LogP contribution in [0.25, 0.3) is 0 Å². The molecule has 0 bridgehead atoms. The van der Waals surface area contributed by atoms with E-state index in [1.54, 1.807) is 48.5 Å². The molecule has 3 aromatic rings. The Bertz CT molecular complexity index is 1250. The van der Waals surface area contributed by atoms with Crippen LogP contribution in [0, 0.1) is 0 Å². The summed E-state index contributed by atoms with van der Waals surface area (Å²) in [6, 6.07) is 21.3. The molecule has 3 rings (SSSR count). The molecule has 0 heterocycles. The Morgan fingerprint density at radius 1 is 0.941 bits per heavy atom. The third-order valence-corrected chi connectivity index (χ3v) is 6.38. The van der Waals surface area contributed by atoms with Crippen LogP contribution in [0.2, 0.25) is 0 Å². The van der Waals surface area contributed by atoms with Gasteiger partial charge in [-0.2, -0.15) is 0 Å². The second-order valence-corrected chi connectivity index (χ2v) is 9.50. The predicted molar refractivity (Wildman–Crippen MR) is 132 cm³/mol. The van der Waals surface area contributed by atoms with Crippen LogP contribution < -0.4 is 19.7 Å². The van der Waals surface area contributed by atoms with Gasteiger partial charge in [-0.1, -0.05) is 42.5 Å². The number of carbonyl (C=O) groups is 2. The van der Waals surface area contributed by atoms with Gasteiger partial charge in [0.1, 0.15) is 11.8 Å². The molecule has 0 aliphatic heterocycles. The molecule has 34 heavy (non-hydrogen) atoms. The van der Waals surface area contributed by atoms with Crippen LogP contribution in [-0.2, 0) is 21.4 Å².